The van der Waals surface area contributed by atoms with Gasteiger partial charge in [-0.3, -0.25) is 14.6 Å². The van der Waals surface area contributed by atoms with E-state index in [0.717, 1.165) is 0 Å². The van der Waals surface area contributed by atoms with Crippen molar-refractivity contribution in [2.45, 2.75) is 6.92 Å². The van der Waals surface area contributed by atoms with Gasteiger partial charge in [0.2, 0.25) is 0 Å². The van der Waals surface area contributed by atoms with Crippen molar-refractivity contribution < 1.29 is 23.7 Å². The van der Waals surface area contributed by atoms with Crippen LogP contribution in [0, 0.1) is 0 Å². The number of phosphoric acid groups is 1. The summed E-state index contributed by atoms with van der Waals surface area (Å²) >= 11 is 0. The number of rotatable bonds is 3. The molecule has 0 fully saturated rings. The number of hydrogen-bond donors (Lipinski definition) is 2. The van der Waals surface area contributed by atoms with Gasteiger partial charge in [0, 0.05) is 5.56 Å². The Bertz CT molecular complexity index is 377. The molecule has 0 aromatic heterocycles. The molecule has 0 spiro atoms. The van der Waals surface area contributed by atoms with Gasteiger partial charge in [-0.1, -0.05) is 0 Å². The molecule has 0 saturated heterocycles. The van der Waals surface area contributed by atoms with Crippen LogP contribution in [0.4, 0.5) is 0 Å². The van der Waals surface area contributed by atoms with Crippen molar-refractivity contribution >= 4 is 13.6 Å². The largest absolute Gasteiger partial charge is 0.524 e. The minimum atomic E-state index is -4.51. The van der Waals surface area contributed by atoms with Gasteiger partial charge in [0.25, 0.3) is 0 Å². The van der Waals surface area contributed by atoms with E-state index in [0.29, 0.717) is 5.56 Å². The number of carbonyl (C=O) groups is 1. The van der Waals surface area contributed by atoms with E-state index in [-0.39, 0.29) is 11.5 Å². The molecular formula is C8H9O5P. The third kappa shape index (κ3) is 3.30. The van der Waals surface area contributed by atoms with E-state index in [1.54, 1.807) is 0 Å². The highest BCUT2D eigenvalue weighted by atomic mass is 31.2. The van der Waals surface area contributed by atoms with Gasteiger partial charge in [-0.25, -0.2) is 4.57 Å². The predicted octanol–water partition coefficient (Wildman–Crippen LogP) is 1.36. The Labute approximate surface area is 80.6 Å². The van der Waals surface area contributed by atoms with Gasteiger partial charge in [-0.15, -0.1) is 0 Å². The first-order chi connectivity index (χ1) is 6.38. The second-order valence-corrected chi connectivity index (χ2v) is 3.83. The van der Waals surface area contributed by atoms with Crippen LogP contribution in [0.3, 0.4) is 0 Å². The number of phosphoric ester groups is 1. The Hall–Kier alpha value is -1.16. The van der Waals surface area contributed by atoms with Crippen molar-refractivity contribution in [3.63, 3.8) is 0 Å². The summed E-state index contributed by atoms with van der Waals surface area (Å²) in [6.45, 7) is 1.40. The van der Waals surface area contributed by atoms with Crippen LogP contribution in [-0.4, -0.2) is 15.6 Å². The Balaban J connectivity index is 2.84. The monoisotopic (exact) mass is 216 g/mol. The Morgan fingerprint density at radius 1 is 1.29 bits per heavy atom. The van der Waals surface area contributed by atoms with Crippen molar-refractivity contribution in [2.24, 2.45) is 0 Å². The van der Waals surface area contributed by atoms with E-state index in [2.05, 4.69) is 4.52 Å². The zero-order chi connectivity index (χ0) is 10.8. The lowest BCUT2D eigenvalue weighted by Crippen LogP contribution is -1.93. The molecule has 0 heterocycles. The number of carbonyl (C=O) groups excluding carboxylic acids is 1. The zero-order valence-corrected chi connectivity index (χ0v) is 8.27. The maximum absolute atomic E-state index is 10.8. The standard InChI is InChI=1S/C8H9O5P/c1-6(9)7-2-4-8(5-3-7)13-14(10,11)12/h2-5H,1H3,(H2,10,11,12). The SMILES string of the molecule is CC(=O)c1ccc(OP(=O)(O)O)cc1. The Kier molecular flexibility index (Phi) is 3.06. The summed E-state index contributed by atoms with van der Waals surface area (Å²) < 4.78 is 14.7. The number of ketones is 1. The van der Waals surface area contributed by atoms with Gasteiger partial charge in [0.05, 0.1) is 0 Å². The number of hydrogen-bond acceptors (Lipinski definition) is 3. The summed E-state index contributed by atoms with van der Waals surface area (Å²) in [5, 5.41) is 0. The van der Waals surface area contributed by atoms with Crippen LogP contribution in [0.5, 0.6) is 5.75 Å². The summed E-state index contributed by atoms with van der Waals surface area (Å²) in [5.74, 6) is -0.0870. The van der Waals surface area contributed by atoms with E-state index >= 15 is 0 Å². The fourth-order valence-electron chi connectivity index (χ4n) is 0.888. The smallest absolute Gasteiger partial charge is 0.404 e. The third-order valence-corrected chi connectivity index (χ3v) is 1.93. The van der Waals surface area contributed by atoms with E-state index < -0.39 is 7.82 Å². The van der Waals surface area contributed by atoms with Crippen molar-refractivity contribution in [2.75, 3.05) is 0 Å². The molecule has 0 bridgehead atoms. The second-order valence-electron chi connectivity index (χ2n) is 2.66. The molecule has 0 atom stereocenters. The van der Waals surface area contributed by atoms with Gasteiger partial charge in [-0.2, -0.15) is 0 Å². The van der Waals surface area contributed by atoms with E-state index in [4.69, 9.17) is 9.79 Å². The van der Waals surface area contributed by atoms with Crippen LogP contribution in [0.25, 0.3) is 0 Å². The van der Waals surface area contributed by atoms with Gasteiger partial charge in [0.15, 0.2) is 5.78 Å². The fraction of sp³-hybridized carbons (Fsp3) is 0.125. The molecule has 0 aliphatic rings. The molecule has 0 amide bonds. The quantitative estimate of drug-likeness (QED) is 0.588. The van der Waals surface area contributed by atoms with Gasteiger partial charge < -0.3 is 4.52 Å². The maximum atomic E-state index is 10.8. The van der Waals surface area contributed by atoms with E-state index in [1.165, 1.54) is 31.2 Å². The predicted molar refractivity (Wildman–Crippen MR) is 49.1 cm³/mol. The Morgan fingerprint density at radius 3 is 2.14 bits per heavy atom. The molecule has 0 radical (unpaired) electrons. The lowest BCUT2D eigenvalue weighted by atomic mass is 10.1. The molecule has 1 aromatic carbocycles. The average Bonchev–Trinajstić information content (AvgIpc) is 2.02. The minimum absolute atomic E-state index is 0.0309. The molecule has 0 saturated carbocycles. The molecule has 1 aromatic rings. The molecule has 76 valence electrons. The first-order valence-corrected chi connectivity index (χ1v) is 5.28. The highest BCUT2D eigenvalue weighted by molar-refractivity contribution is 7.46. The number of Topliss-reactive ketones (excluding diaryl/α,β-unsaturated/α-hetero) is 1. The second kappa shape index (κ2) is 3.92. The summed E-state index contributed by atoms with van der Waals surface area (Å²) in [6, 6.07) is 5.53. The molecule has 5 nitrogen and oxygen atoms in total. The normalized spacial score (nSPS) is 11.1. The average molecular weight is 216 g/mol. The topological polar surface area (TPSA) is 83.8 Å². The van der Waals surface area contributed by atoms with Crippen LogP contribution in [0.1, 0.15) is 17.3 Å². The highest BCUT2D eigenvalue weighted by Gasteiger charge is 2.15. The molecule has 0 aliphatic heterocycles. The first-order valence-electron chi connectivity index (χ1n) is 3.74. The van der Waals surface area contributed by atoms with Crippen LogP contribution < -0.4 is 4.52 Å². The van der Waals surface area contributed by atoms with Crippen molar-refractivity contribution in [1.29, 1.82) is 0 Å². The first kappa shape index (κ1) is 10.9. The van der Waals surface area contributed by atoms with Gasteiger partial charge in [0.1, 0.15) is 5.75 Å². The molecule has 0 unspecified atom stereocenters. The van der Waals surface area contributed by atoms with Crippen LogP contribution >= 0.6 is 7.82 Å². The van der Waals surface area contributed by atoms with Crippen molar-refractivity contribution in [3.05, 3.63) is 29.8 Å². The maximum Gasteiger partial charge on any atom is 0.524 e. The molecule has 2 N–H and O–H groups in total. The van der Waals surface area contributed by atoms with Gasteiger partial charge in [-0.05, 0) is 31.2 Å². The van der Waals surface area contributed by atoms with Gasteiger partial charge >= 0.3 is 7.82 Å². The third-order valence-electron chi connectivity index (χ3n) is 1.49. The summed E-state index contributed by atoms with van der Waals surface area (Å²) in [6.07, 6.45) is 0. The molecule has 6 heteroatoms. The van der Waals surface area contributed by atoms with E-state index in [9.17, 15) is 9.36 Å². The molecular weight excluding hydrogens is 207 g/mol. The van der Waals surface area contributed by atoms with Crippen molar-refractivity contribution in [3.8, 4) is 5.75 Å². The summed E-state index contributed by atoms with van der Waals surface area (Å²) in [5.41, 5.74) is 0.461. The molecule has 1 rings (SSSR count). The zero-order valence-electron chi connectivity index (χ0n) is 7.38. The fourth-order valence-corrected chi connectivity index (χ4v) is 1.28. The Morgan fingerprint density at radius 2 is 1.79 bits per heavy atom. The van der Waals surface area contributed by atoms with Crippen LogP contribution in [0.2, 0.25) is 0 Å². The lowest BCUT2D eigenvalue weighted by Gasteiger charge is -2.06. The summed E-state index contributed by atoms with van der Waals surface area (Å²) in [4.78, 5) is 27.8. The highest BCUT2D eigenvalue weighted by Crippen LogP contribution is 2.37. The summed E-state index contributed by atoms with van der Waals surface area (Å²) in [7, 11) is -4.51. The van der Waals surface area contributed by atoms with E-state index in [1.807, 2.05) is 0 Å². The number of benzene rings is 1. The van der Waals surface area contributed by atoms with Crippen molar-refractivity contribution in [1.82, 2.24) is 0 Å². The lowest BCUT2D eigenvalue weighted by molar-refractivity contribution is 0.101. The minimum Gasteiger partial charge on any atom is -0.404 e. The molecule has 0 aliphatic carbocycles. The molecule has 14 heavy (non-hydrogen) atoms. The van der Waals surface area contributed by atoms with Crippen LogP contribution in [0.15, 0.2) is 24.3 Å². The van der Waals surface area contributed by atoms with Crippen LogP contribution in [-0.2, 0) is 4.57 Å².